The maximum atomic E-state index is 13.7. The molecule has 35 heavy (non-hydrogen) atoms. The van der Waals surface area contributed by atoms with Crippen LogP contribution in [0.25, 0.3) is 11.1 Å². The number of hydrogen-bond donors (Lipinski definition) is 1. The minimum atomic E-state index is -0.498. The Bertz CT molecular complexity index is 1170. The van der Waals surface area contributed by atoms with Gasteiger partial charge in [0.1, 0.15) is 0 Å². The van der Waals surface area contributed by atoms with Crippen LogP contribution in [0.1, 0.15) is 62.6 Å². The molecule has 182 valence electrons. The Labute approximate surface area is 207 Å². The lowest BCUT2D eigenvalue weighted by molar-refractivity contribution is -0.120. The molecule has 0 spiro atoms. The Hall–Kier alpha value is -3.05. The standard InChI is InChI=1S/C30H34FN3O/c1-2-6-21-9-11-22(12-10-21)23-13-15-24(16-14-23)34(20-30(32)17-3-4-18-30)29(35)26-19-25(26)27-7-5-8-28(31)33-27/h5,7-16,25-26H,2-4,6,17-20,32H2,1H3. The van der Waals surface area contributed by atoms with Gasteiger partial charge >= 0.3 is 0 Å². The summed E-state index contributed by atoms with van der Waals surface area (Å²) in [5.41, 5.74) is 11.5. The largest absolute Gasteiger partial charge is 0.324 e. The molecule has 0 radical (unpaired) electrons. The quantitative estimate of drug-likeness (QED) is 0.395. The highest BCUT2D eigenvalue weighted by atomic mass is 19.1. The average Bonchev–Trinajstić information content (AvgIpc) is 3.56. The van der Waals surface area contributed by atoms with Gasteiger partial charge in [-0.25, -0.2) is 4.98 Å². The molecule has 1 amide bonds. The fourth-order valence-electron chi connectivity index (χ4n) is 5.46. The summed E-state index contributed by atoms with van der Waals surface area (Å²) in [5.74, 6) is -0.643. The van der Waals surface area contributed by atoms with Crippen LogP contribution in [-0.2, 0) is 11.2 Å². The molecule has 2 aliphatic carbocycles. The van der Waals surface area contributed by atoms with E-state index >= 15 is 0 Å². The van der Waals surface area contributed by atoms with Gasteiger partial charge in [0.05, 0.1) is 0 Å². The second-order valence-corrected chi connectivity index (χ2v) is 10.3. The minimum Gasteiger partial charge on any atom is -0.324 e. The second kappa shape index (κ2) is 9.90. The highest BCUT2D eigenvalue weighted by Gasteiger charge is 2.48. The molecule has 2 saturated carbocycles. The minimum absolute atomic E-state index is 0.0288. The maximum Gasteiger partial charge on any atom is 0.230 e. The maximum absolute atomic E-state index is 13.7. The van der Waals surface area contributed by atoms with E-state index in [1.54, 1.807) is 6.07 Å². The van der Waals surface area contributed by atoms with Gasteiger partial charge in [0.15, 0.2) is 0 Å². The molecule has 5 heteroatoms. The van der Waals surface area contributed by atoms with Gasteiger partial charge in [-0.05, 0) is 66.6 Å². The first-order valence-corrected chi connectivity index (χ1v) is 12.9. The van der Waals surface area contributed by atoms with Crippen molar-refractivity contribution in [2.75, 3.05) is 11.4 Å². The van der Waals surface area contributed by atoms with E-state index in [9.17, 15) is 9.18 Å². The summed E-state index contributed by atoms with van der Waals surface area (Å²) < 4.78 is 13.6. The predicted octanol–water partition coefficient (Wildman–Crippen LogP) is 6.25. The Morgan fingerprint density at radius 2 is 1.69 bits per heavy atom. The van der Waals surface area contributed by atoms with Crippen LogP contribution in [0.4, 0.5) is 10.1 Å². The highest BCUT2D eigenvalue weighted by Crippen LogP contribution is 2.48. The van der Waals surface area contributed by atoms with Crippen LogP contribution in [0.15, 0.2) is 66.7 Å². The summed E-state index contributed by atoms with van der Waals surface area (Å²) in [5, 5.41) is 0. The van der Waals surface area contributed by atoms with Crippen LogP contribution in [0.5, 0.6) is 0 Å². The van der Waals surface area contributed by atoms with E-state index in [0.717, 1.165) is 49.8 Å². The van der Waals surface area contributed by atoms with Crippen LogP contribution < -0.4 is 10.6 Å². The summed E-state index contributed by atoms with van der Waals surface area (Å²) in [7, 11) is 0. The monoisotopic (exact) mass is 471 g/mol. The molecule has 0 bridgehead atoms. The van der Waals surface area contributed by atoms with Crippen molar-refractivity contribution >= 4 is 11.6 Å². The topological polar surface area (TPSA) is 59.2 Å². The van der Waals surface area contributed by atoms with E-state index in [2.05, 4.69) is 48.3 Å². The van der Waals surface area contributed by atoms with Gasteiger partial charge in [-0.15, -0.1) is 0 Å². The van der Waals surface area contributed by atoms with Gasteiger partial charge in [0.25, 0.3) is 0 Å². The van der Waals surface area contributed by atoms with Crippen molar-refractivity contribution in [2.24, 2.45) is 11.7 Å². The van der Waals surface area contributed by atoms with Crippen molar-refractivity contribution in [3.8, 4) is 11.1 Å². The number of aromatic nitrogens is 1. The zero-order valence-corrected chi connectivity index (χ0v) is 20.4. The molecule has 4 nitrogen and oxygen atoms in total. The van der Waals surface area contributed by atoms with Crippen LogP contribution in [-0.4, -0.2) is 23.0 Å². The normalized spacial score (nSPS) is 20.5. The molecule has 2 aliphatic rings. The Morgan fingerprint density at radius 1 is 1.03 bits per heavy atom. The fourth-order valence-corrected chi connectivity index (χ4v) is 5.46. The van der Waals surface area contributed by atoms with Crippen molar-refractivity contribution in [1.82, 2.24) is 4.98 Å². The van der Waals surface area contributed by atoms with Gasteiger partial charge < -0.3 is 10.6 Å². The third-order valence-electron chi connectivity index (χ3n) is 7.57. The van der Waals surface area contributed by atoms with E-state index in [4.69, 9.17) is 5.73 Å². The summed E-state index contributed by atoms with van der Waals surface area (Å²) in [6, 6.07) is 21.8. The number of nitrogens with two attached hydrogens (primary N) is 1. The van der Waals surface area contributed by atoms with Gasteiger partial charge in [0.2, 0.25) is 11.9 Å². The van der Waals surface area contributed by atoms with Crippen molar-refractivity contribution in [3.05, 3.63) is 83.9 Å². The molecule has 2 unspecified atom stereocenters. The molecule has 2 atom stereocenters. The third-order valence-corrected chi connectivity index (χ3v) is 7.57. The van der Waals surface area contributed by atoms with Crippen LogP contribution in [0.3, 0.4) is 0 Å². The van der Waals surface area contributed by atoms with Crippen LogP contribution in [0, 0.1) is 11.9 Å². The first-order chi connectivity index (χ1) is 17.0. The number of nitrogens with zero attached hydrogens (tertiary/aromatic N) is 2. The molecule has 2 N–H and O–H groups in total. The first-order valence-electron chi connectivity index (χ1n) is 12.9. The van der Waals surface area contributed by atoms with Crippen molar-refractivity contribution in [3.63, 3.8) is 0 Å². The van der Waals surface area contributed by atoms with E-state index in [1.165, 1.54) is 17.2 Å². The van der Waals surface area contributed by atoms with E-state index in [1.807, 2.05) is 23.1 Å². The number of amides is 1. The second-order valence-electron chi connectivity index (χ2n) is 10.3. The fraction of sp³-hybridized carbons (Fsp3) is 0.400. The number of rotatable bonds is 8. The molecular formula is C30H34FN3O. The summed E-state index contributed by atoms with van der Waals surface area (Å²) in [4.78, 5) is 19.6. The number of benzene rings is 2. The third kappa shape index (κ3) is 5.30. The zero-order valence-electron chi connectivity index (χ0n) is 20.4. The van der Waals surface area contributed by atoms with E-state index in [0.29, 0.717) is 18.7 Å². The lowest BCUT2D eigenvalue weighted by Crippen LogP contribution is -2.50. The number of hydrogen-bond acceptors (Lipinski definition) is 3. The molecule has 1 heterocycles. The zero-order chi connectivity index (χ0) is 24.4. The van der Waals surface area contributed by atoms with Crippen LogP contribution in [0.2, 0.25) is 0 Å². The Balaban J connectivity index is 1.37. The van der Waals surface area contributed by atoms with Gasteiger partial charge in [-0.2, -0.15) is 4.39 Å². The molecule has 3 aromatic rings. The Kier molecular flexibility index (Phi) is 6.70. The lowest BCUT2D eigenvalue weighted by atomic mass is 9.97. The molecule has 0 saturated heterocycles. The number of pyridine rings is 1. The van der Waals surface area contributed by atoms with Crippen LogP contribution >= 0.6 is 0 Å². The highest BCUT2D eigenvalue weighted by molar-refractivity contribution is 5.98. The van der Waals surface area contributed by atoms with Gasteiger partial charge in [-0.1, -0.05) is 68.7 Å². The lowest BCUT2D eigenvalue weighted by Gasteiger charge is -2.33. The number of halogens is 1. The molecule has 1 aromatic heterocycles. The molecule has 2 aromatic carbocycles. The predicted molar refractivity (Wildman–Crippen MR) is 139 cm³/mol. The summed E-state index contributed by atoms with van der Waals surface area (Å²) >= 11 is 0. The summed E-state index contributed by atoms with van der Waals surface area (Å²) in [6.07, 6.45) is 6.99. The van der Waals surface area contributed by atoms with E-state index < -0.39 is 5.95 Å². The van der Waals surface area contributed by atoms with Crippen molar-refractivity contribution in [1.29, 1.82) is 0 Å². The molecule has 5 rings (SSSR count). The molecule has 2 fully saturated rings. The van der Waals surface area contributed by atoms with Crippen molar-refractivity contribution in [2.45, 2.75) is 63.3 Å². The summed E-state index contributed by atoms with van der Waals surface area (Å²) in [6.45, 7) is 2.70. The number of carbonyl (C=O) groups excluding carboxylic acids is 1. The number of anilines is 1. The Morgan fingerprint density at radius 3 is 2.31 bits per heavy atom. The van der Waals surface area contributed by atoms with Gasteiger partial charge in [0, 0.05) is 35.3 Å². The number of aryl methyl sites for hydroxylation is 1. The van der Waals surface area contributed by atoms with E-state index in [-0.39, 0.29) is 23.3 Å². The van der Waals surface area contributed by atoms with Gasteiger partial charge in [-0.3, -0.25) is 4.79 Å². The first kappa shape index (κ1) is 23.7. The average molecular weight is 472 g/mol. The smallest absolute Gasteiger partial charge is 0.230 e. The van der Waals surface area contributed by atoms with Crippen molar-refractivity contribution < 1.29 is 9.18 Å². The number of carbonyl (C=O) groups is 1. The SMILES string of the molecule is CCCc1ccc(-c2ccc(N(CC3(N)CCCC3)C(=O)C3CC3c3cccc(F)n3)cc2)cc1. The molecular weight excluding hydrogens is 437 g/mol. The molecule has 0 aliphatic heterocycles.